The molecule has 0 aliphatic carbocycles. The predicted molar refractivity (Wildman–Crippen MR) is 120 cm³/mol. The van der Waals surface area contributed by atoms with Crippen molar-refractivity contribution in [2.45, 2.75) is 135 Å². The van der Waals surface area contributed by atoms with Crippen LogP contribution in [-0.2, 0) is 0 Å². The smallest absolute Gasteiger partial charge is 0.00773 e. The maximum Gasteiger partial charge on any atom is -0.00773 e. The molecule has 1 atom stereocenters. The molecule has 0 aromatic carbocycles. The molecule has 2 heteroatoms. The van der Waals surface area contributed by atoms with E-state index in [1.165, 1.54) is 128 Å². The molecule has 0 aromatic heterocycles. The number of hydrogen-bond donors (Lipinski definition) is 2. The molecule has 4 N–H and O–H groups in total. The van der Waals surface area contributed by atoms with Crippen LogP contribution in [-0.4, -0.2) is 13.1 Å². The number of unbranched alkanes of at least 4 members (excludes halogenated alkanes) is 16. The second-order valence-corrected chi connectivity index (χ2v) is 8.62. The van der Waals surface area contributed by atoms with Crippen LogP contribution in [0.25, 0.3) is 0 Å². The van der Waals surface area contributed by atoms with Crippen LogP contribution in [0.2, 0.25) is 0 Å². The summed E-state index contributed by atoms with van der Waals surface area (Å²) in [6.07, 6.45) is 28.1. The monoisotopic (exact) mass is 368 g/mol. The Kier molecular flexibility index (Phi) is 22.9. The molecule has 1 unspecified atom stereocenters. The summed E-state index contributed by atoms with van der Waals surface area (Å²) in [6, 6.07) is 0. The molecule has 0 rings (SSSR count). The highest BCUT2D eigenvalue weighted by atomic mass is 14.5. The van der Waals surface area contributed by atoms with Crippen LogP contribution in [0.1, 0.15) is 135 Å². The van der Waals surface area contributed by atoms with Gasteiger partial charge in [-0.3, -0.25) is 0 Å². The Bertz CT molecular complexity index is 242. The van der Waals surface area contributed by atoms with Gasteiger partial charge in [0, 0.05) is 0 Å². The molecule has 158 valence electrons. The van der Waals surface area contributed by atoms with Gasteiger partial charge in [0.15, 0.2) is 0 Å². The summed E-state index contributed by atoms with van der Waals surface area (Å²) in [7, 11) is 0. The van der Waals surface area contributed by atoms with E-state index in [0.717, 1.165) is 19.0 Å². The Morgan fingerprint density at radius 1 is 0.385 bits per heavy atom. The first kappa shape index (κ1) is 25.9. The molecule has 0 aliphatic heterocycles. The second-order valence-electron chi connectivity index (χ2n) is 8.62. The summed E-state index contributed by atoms with van der Waals surface area (Å²) in [5.74, 6) is 0.945. The molecule has 0 heterocycles. The van der Waals surface area contributed by atoms with Gasteiger partial charge in [0.1, 0.15) is 0 Å². The van der Waals surface area contributed by atoms with Crippen LogP contribution in [0.4, 0.5) is 0 Å². The van der Waals surface area contributed by atoms with E-state index >= 15 is 0 Å². The fourth-order valence-electron chi connectivity index (χ4n) is 3.89. The normalized spacial score (nSPS) is 12.6. The highest BCUT2D eigenvalue weighted by Crippen LogP contribution is 2.19. The van der Waals surface area contributed by atoms with Gasteiger partial charge in [-0.2, -0.15) is 0 Å². The summed E-state index contributed by atoms with van der Waals surface area (Å²) in [5, 5.41) is 0. The van der Waals surface area contributed by atoms with E-state index in [0.29, 0.717) is 0 Å². The molecule has 0 saturated carbocycles. The van der Waals surface area contributed by atoms with E-state index in [2.05, 4.69) is 6.92 Å². The summed E-state index contributed by atoms with van der Waals surface area (Å²) >= 11 is 0. The molecule has 2 nitrogen and oxygen atoms in total. The van der Waals surface area contributed by atoms with E-state index in [9.17, 15) is 0 Å². The molecule has 0 radical (unpaired) electrons. The van der Waals surface area contributed by atoms with Crippen molar-refractivity contribution in [2.24, 2.45) is 17.4 Å². The SMILES string of the molecule is CC(CCCCCCCCCN)CCCCCCCCCCCCCN. The van der Waals surface area contributed by atoms with Gasteiger partial charge in [0.25, 0.3) is 0 Å². The molecule has 26 heavy (non-hydrogen) atoms. The topological polar surface area (TPSA) is 52.0 Å². The average Bonchev–Trinajstić information content (AvgIpc) is 2.65. The fourth-order valence-corrected chi connectivity index (χ4v) is 3.89. The van der Waals surface area contributed by atoms with E-state index in [1.54, 1.807) is 0 Å². The van der Waals surface area contributed by atoms with Crippen LogP contribution >= 0.6 is 0 Å². The molecular weight excluding hydrogens is 316 g/mol. The van der Waals surface area contributed by atoms with Gasteiger partial charge in [0.2, 0.25) is 0 Å². The Labute approximate surface area is 166 Å². The van der Waals surface area contributed by atoms with Gasteiger partial charge in [-0.05, 0) is 31.8 Å². The first-order valence-electron chi connectivity index (χ1n) is 12.2. The third-order valence-electron chi connectivity index (χ3n) is 5.80. The largest absolute Gasteiger partial charge is 0.330 e. The number of rotatable bonds is 22. The molecule has 0 fully saturated rings. The van der Waals surface area contributed by atoms with E-state index in [4.69, 9.17) is 11.5 Å². The van der Waals surface area contributed by atoms with Gasteiger partial charge >= 0.3 is 0 Å². The highest BCUT2D eigenvalue weighted by molar-refractivity contribution is 4.56. The summed E-state index contributed by atoms with van der Waals surface area (Å²) in [4.78, 5) is 0. The minimum absolute atomic E-state index is 0.868. The molecular formula is C24H52N2. The minimum Gasteiger partial charge on any atom is -0.330 e. The zero-order valence-corrected chi connectivity index (χ0v) is 18.3. The molecule has 0 saturated heterocycles. The summed E-state index contributed by atoms with van der Waals surface area (Å²) < 4.78 is 0. The van der Waals surface area contributed by atoms with Crippen molar-refractivity contribution < 1.29 is 0 Å². The molecule has 0 spiro atoms. The van der Waals surface area contributed by atoms with Gasteiger partial charge in [-0.25, -0.2) is 0 Å². The Morgan fingerprint density at radius 2 is 0.615 bits per heavy atom. The Hall–Kier alpha value is -0.0800. The first-order chi connectivity index (χ1) is 12.8. The van der Waals surface area contributed by atoms with Crippen molar-refractivity contribution in [2.75, 3.05) is 13.1 Å². The third kappa shape index (κ3) is 22.0. The van der Waals surface area contributed by atoms with Crippen molar-refractivity contribution in [3.8, 4) is 0 Å². The van der Waals surface area contributed by atoms with Crippen molar-refractivity contribution in [1.82, 2.24) is 0 Å². The van der Waals surface area contributed by atoms with Crippen molar-refractivity contribution in [3.05, 3.63) is 0 Å². The van der Waals surface area contributed by atoms with Crippen LogP contribution in [0.15, 0.2) is 0 Å². The fraction of sp³-hybridized carbons (Fsp3) is 1.00. The number of nitrogens with two attached hydrogens (primary N) is 2. The standard InChI is InChI=1S/C24H52N2/c1-24(21-17-13-9-7-11-15-19-23-26)20-16-12-8-5-3-2-4-6-10-14-18-22-25/h24H,2-23,25-26H2,1H3. The van der Waals surface area contributed by atoms with Crippen LogP contribution in [0, 0.1) is 5.92 Å². The highest BCUT2D eigenvalue weighted by Gasteiger charge is 2.02. The van der Waals surface area contributed by atoms with Crippen molar-refractivity contribution in [3.63, 3.8) is 0 Å². The maximum atomic E-state index is 5.53. The lowest BCUT2D eigenvalue weighted by molar-refractivity contribution is 0.430. The predicted octanol–water partition coefficient (Wildman–Crippen LogP) is 7.34. The third-order valence-corrected chi connectivity index (χ3v) is 5.80. The molecule has 0 aliphatic rings. The van der Waals surface area contributed by atoms with E-state index in [1.807, 2.05) is 0 Å². The quantitative estimate of drug-likeness (QED) is 0.196. The number of hydrogen-bond acceptors (Lipinski definition) is 2. The van der Waals surface area contributed by atoms with Gasteiger partial charge in [-0.15, -0.1) is 0 Å². The zero-order valence-electron chi connectivity index (χ0n) is 18.3. The average molecular weight is 369 g/mol. The second kappa shape index (κ2) is 23.0. The minimum atomic E-state index is 0.868. The van der Waals surface area contributed by atoms with Crippen molar-refractivity contribution in [1.29, 1.82) is 0 Å². The molecule has 0 bridgehead atoms. The Morgan fingerprint density at radius 3 is 0.885 bits per heavy atom. The Balaban J connectivity index is 3.11. The molecule has 0 amide bonds. The summed E-state index contributed by atoms with van der Waals surface area (Å²) in [6.45, 7) is 4.20. The lowest BCUT2D eigenvalue weighted by atomic mass is 9.95. The van der Waals surface area contributed by atoms with Gasteiger partial charge in [-0.1, -0.05) is 122 Å². The van der Waals surface area contributed by atoms with Crippen LogP contribution in [0.5, 0.6) is 0 Å². The van der Waals surface area contributed by atoms with Crippen LogP contribution < -0.4 is 11.5 Å². The lowest BCUT2D eigenvalue weighted by Gasteiger charge is -2.11. The first-order valence-corrected chi connectivity index (χ1v) is 12.2. The lowest BCUT2D eigenvalue weighted by Crippen LogP contribution is -1.97. The van der Waals surface area contributed by atoms with Gasteiger partial charge < -0.3 is 11.5 Å². The van der Waals surface area contributed by atoms with E-state index in [-0.39, 0.29) is 0 Å². The maximum absolute atomic E-state index is 5.53. The summed E-state index contributed by atoms with van der Waals surface area (Å²) in [5.41, 5.74) is 11.0. The van der Waals surface area contributed by atoms with Gasteiger partial charge in [0.05, 0.1) is 0 Å². The zero-order chi connectivity index (χ0) is 19.1. The molecule has 0 aromatic rings. The van der Waals surface area contributed by atoms with Crippen LogP contribution in [0.3, 0.4) is 0 Å². The van der Waals surface area contributed by atoms with E-state index < -0.39 is 0 Å². The van der Waals surface area contributed by atoms with Crippen molar-refractivity contribution >= 4 is 0 Å².